The lowest BCUT2D eigenvalue weighted by molar-refractivity contribution is -0.117. The van der Waals surface area contributed by atoms with Gasteiger partial charge in [-0.15, -0.1) is 0 Å². The molecule has 104 valence electrons. The summed E-state index contributed by atoms with van der Waals surface area (Å²) in [5.41, 5.74) is 4.05. The topological polar surface area (TPSA) is 20.3 Å². The molecule has 0 N–H and O–H groups in total. The SMILES string of the molecule is CC(=O)N1c2ccc(C)cc2-c2c(ssc2=S)C1(C)C. The lowest BCUT2D eigenvalue weighted by Gasteiger charge is -2.42. The van der Waals surface area contributed by atoms with E-state index < -0.39 is 0 Å². The quantitative estimate of drug-likeness (QED) is 0.496. The summed E-state index contributed by atoms with van der Waals surface area (Å²) in [6, 6.07) is 6.22. The van der Waals surface area contributed by atoms with Crippen molar-refractivity contribution in [2.45, 2.75) is 33.2 Å². The minimum Gasteiger partial charge on any atom is -0.302 e. The van der Waals surface area contributed by atoms with Gasteiger partial charge in [0, 0.05) is 18.1 Å². The molecule has 0 saturated heterocycles. The second-order valence-corrected chi connectivity index (χ2v) is 8.41. The van der Waals surface area contributed by atoms with E-state index in [-0.39, 0.29) is 11.4 Å². The summed E-state index contributed by atoms with van der Waals surface area (Å²) in [6.07, 6.45) is 0. The fourth-order valence-electron chi connectivity index (χ4n) is 2.91. The Morgan fingerprint density at radius 2 is 2.00 bits per heavy atom. The molecule has 0 atom stereocenters. The van der Waals surface area contributed by atoms with Crippen LogP contribution in [0.3, 0.4) is 0 Å². The van der Waals surface area contributed by atoms with Crippen LogP contribution in [0.4, 0.5) is 5.69 Å². The lowest BCUT2D eigenvalue weighted by atomic mass is 9.87. The number of benzene rings is 1. The Morgan fingerprint density at radius 3 is 2.65 bits per heavy atom. The summed E-state index contributed by atoms with van der Waals surface area (Å²) in [6.45, 7) is 7.88. The van der Waals surface area contributed by atoms with Crippen LogP contribution in [0.2, 0.25) is 0 Å². The first-order valence-corrected chi connectivity index (χ1v) is 8.95. The fourth-order valence-corrected chi connectivity index (χ4v) is 6.19. The number of amides is 1. The van der Waals surface area contributed by atoms with Crippen molar-refractivity contribution in [2.24, 2.45) is 0 Å². The van der Waals surface area contributed by atoms with Crippen LogP contribution in [-0.2, 0) is 10.3 Å². The third kappa shape index (κ3) is 1.80. The molecule has 1 aliphatic rings. The van der Waals surface area contributed by atoms with E-state index in [0.717, 1.165) is 20.6 Å². The van der Waals surface area contributed by atoms with Crippen LogP contribution in [-0.4, -0.2) is 5.91 Å². The normalized spacial score (nSPS) is 15.7. The first-order valence-electron chi connectivity index (χ1n) is 6.39. The average Bonchev–Trinajstić information content (AvgIpc) is 2.73. The Bertz CT molecular complexity index is 770. The van der Waals surface area contributed by atoms with Gasteiger partial charge in [-0.3, -0.25) is 4.79 Å². The van der Waals surface area contributed by atoms with E-state index in [9.17, 15) is 4.79 Å². The molecule has 1 aromatic heterocycles. The zero-order chi connectivity index (χ0) is 14.7. The summed E-state index contributed by atoms with van der Waals surface area (Å²) >= 11 is 5.52. The molecular weight excluding hydrogens is 306 g/mol. The Hall–Kier alpha value is -1.04. The maximum Gasteiger partial charge on any atom is 0.224 e. The van der Waals surface area contributed by atoms with E-state index in [2.05, 4.69) is 32.9 Å². The maximum absolute atomic E-state index is 12.2. The van der Waals surface area contributed by atoms with Gasteiger partial charge in [0.05, 0.1) is 16.1 Å². The molecule has 0 aliphatic carbocycles. The standard InChI is InChI=1S/C15H15NOS3/c1-8-5-6-11-10(7-8)12-13(19-20-14(12)18)15(3,4)16(11)9(2)17/h5-7H,1-4H3. The number of anilines is 1. The van der Waals surface area contributed by atoms with Crippen LogP contribution < -0.4 is 4.90 Å². The zero-order valence-corrected chi connectivity index (χ0v) is 14.3. The van der Waals surface area contributed by atoms with E-state index >= 15 is 0 Å². The minimum absolute atomic E-state index is 0.0649. The molecule has 3 rings (SSSR count). The monoisotopic (exact) mass is 321 g/mol. The number of carbonyl (C=O) groups is 1. The van der Waals surface area contributed by atoms with Gasteiger partial charge < -0.3 is 4.90 Å². The van der Waals surface area contributed by atoms with Gasteiger partial charge in [-0.25, -0.2) is 0 Å². The molecule has 2 aromatic rings. The lowest BCUT2D eigenvalue weighted by Crippen LogP contribution is -2.46. The van der Waals surface area contributed by atoms with E-state index in [1.54, 1.807) is 27.6 Å². The van der Waals surface area contributed by atoms with Gasteiger partial charge in [-0.2, -0.15) is 0 Å². The third-order valence-electron chi connectivity index (χ3n) is 3.72. The Balaban J connectivity index is 2.44. The van der Waals surface area contributed by atoms with Gasteiger partial charge in [0.1, 0.15) is 3.82 Å². The van der Waals surface area contributed by atoms with Gasteiger partial charge in [0.2, 0.25) is 5.91 Å². The van der Waals surface area contributed by atoms with Crippen molar-refractivity contribution in [1.82, 2.24) is 0 Å². The van der Waals surface area contributed by atoms with Crippen molar-refractivity contribution in [3.8, 4) is 11.1 Å². The van der Waals surface area contributed by atoms with Gasteiger partial charge in [-0.1, -0.05) is 44.5 Å². The molecule has 1 aliphatic heterocycles. The predicted octanol–water partition coefficient (Wildman–Crippen LogP) is 5.12. The van der Waals surface area contributed by atoms with Gasteiger partial charge >= 0.3 is 0 Å². The van der Waals surface area contributed by atoms with E-state index in [1.807, 2.05) is 11.0 Å². The maximum atomic E-state index is 12.2. The van der Waals surface area contributed by atoms with E-state index in [0.29, 0.717) is 0 Å². The number of carbonyl (C=O) groups excluding carboxylic acids is 1. The van der Waals surface area contributed by atoms with E-state index in [4.69, 9.17) is 12.2 Å². The number of nitrogens with zero attached hydrogens (tertiary/aromatic N) is 1. The molecule has 0 bridgehead atoms. The molecule has 0 spiro atoms. The molecule has 5 heteroatoms. The molecule has 1 amide bonds. The Labute approximate surface area is 131 Å². The summed E-state index contributed by atoms with van der Waals surface area (Å²) in [4.78, 5) is 15.3. The second kappa shape index (κ2) is 4.48. The summed E-state index contributed by atoms with van der Waals surface area (Å²) in [5.74, 6) is 0.0649. The molecule has 0 radical (unpaired) electrons. The minimum atomic E-state index is -0.346. The molecule has 0 saturated carbocycles. The van der Waals surface area contributed by atoms with Crippen LogP contribution in [0.15, 0.2) is 18.2 Å². The first kappa shape index (κ1) is 13.9. The molecule has 2 heterocycles. The number of hydrogen-bond acceptors (Lipinski definition) is 4. The van der Waals surface area contributed by atoms with Crippen LogP contribution in [0.1, 0.15) is 31.2 Å². The highest BCUT2D eigenvalue weighted by molar-refractivity contribution is 7.80. The van der Waals surface area contributed by atoms with Crippen LogP contribution in [0.5, 0.6) is 0 Å². The highest BCUT2D eigenvalue weighted by Crippen LogP contribution is 2.52. The predicted molar refractivity (Wildman–Crippen MR) is 89.4 cm³/mol. The number of rotatable bonds is 0. The highest BCUT2D eigenvalue weighted by Gasteiger charge is 2.41. The highest BCUT2D eigenvalue weighted by atomic mass is 32.9. The van der Waals surface area contributed by atoms with Crippen LogP contribution in [0.25, 0.3) is 11.1 Å². The molecular formula is C15H15NOS3. The van der Waals surface area contributed by atoms with Gasteiger partial charge in [0.15, 0.2) is 0 Å². The molecule has 1 aromatic carbocycles. The van der Waals surface area contributed by atoms with Crippen molar-refractivity contribution in [3.05, 3.63) is 32.5 Å². The Morgan fingerprint density at radius 1 is 1.30 bits per heavy atom. The van der Waals surface area contributed by atoms with Crippen LogP contribution >= 0.6 is 32.9 Å². The Kier molecular flexibility index (Phi) is 3.12. The van der Waals surface area contributed by atoms with Crippen molar-refractivity contribution >= 4 is 44.5 Å². The summed E-state index contributed by atoms with van der Waals surface area (Å²) < 4.78 is 0.924. The molecule has 2 nitrogen and oxygen atoms in total. The summed E-state index contributed by atoms with van der Waals surface area (Å²) in [7, 11) is 3.32. The van der Waals surface area contributed by atoms with Gasteiger partial charge in [0.25, 0.3) is 0 Å². The van der Waals surface area contributed by atoms with Crippen molar-refractivity contribution < 1.29 is 4.79 Å². The molecule has 20 heavy (non-hydrogen) atoms. The number of fused-ring (bicyclic) bond motifs is 3. The van der Waals surface area contributed by atoms with Crippen LogP contribution in [0, 0.1) is 10.7 Å². The third-order valence-corrected chi connectivity index (χ3v) is 7.05. The summed E-state index contributed by atoms with van der Waals surface area (Å²) in [5, 5.41) is 0. The average molecular weight is 321 g/mol. The largest absolute Gasteiger partial charge is 0.302 e. The molecule has 0 unspecified atom stereocenters. The van der Waals surface area contributed by atoms with Gasteiger partial charge in [-0.05, 0) is 32.9 Å². The van der Waals surface area contributed by atoms with Crippen molar-refractivity contribution in [3.63, 3.8) is 0 Å². The number of hydrogen-bond donors (Lipinski definition) is 0. The second-order valence-electron chi connectivity index (χ2n) is 5.59. The zero-order valence-electron chi connectivity index (χ0n) is 11.8. The smallest absolute Gasteiger partial charge is 0.224 e. The van der Waals surface area contributed by atoms with E-state index in [1.165, 1.54) is 10.4 Å². The fraction of sp³-hybridized carbons (Fsp3) is 0.333. The first-order chi connectivity index (χ1) is 9.34. The molecule has 0 fully saturated rings. The van der Waals surface area contributed by atoms with Crippen molar-refractivity contribution in [1.29, 1.82) is 0 Å². The number of aryl methyl sites for hydroxylation is 1. The van der Waals surface area contributed by atoms with Crippen molar-refractivity contribution in [2.75, 3.05) is 4.90 Å².